The molecule has 1 aromatic carbocycles. The highest BCUT2D eigenvalue weighted by Crippen LogP contribution is 2.21. The van der Waals surface area contributed by atoms with Crippen LogP contribution < -0.4 is 4.74 Å². The van der Waals surface area contributed by atoms with Crippen molar-refractivity contribution in [2.75, 3.05) is 7.11 Å². The quantitative estimate of drug-likeness (QED) is 0.778. The predicted molar refractivity (Wildman–Crippen MR) is 54.2 cm³/mol. The van der Waals surface area contributed by atoms with E-state index >= 15 is 0 Å². The number of rotatable bonds is 5. The molecule has 1 rings (SSSR count). The summed E-state index contributed by atoms with van der Waals surface area (Å²) in [4.78, 5) is 21.9. The zero-order valence-electron chi connectivity index (χ0n) is 8.70. The minimum absolute atomic E-state index is 0.0729. The number of hydrogen-bond acceptors (Lipinski definition) is 3. The Kier molecular flexibility index (Phi) is 3.99. The summed E-state index contributed by atoms with van der Waals surface area (Å²) in [5.74, 6) is -1.82. The normalized spacial score (nSPS) is 9.88. The molecule has 5 heteroatoms. The van der Waals surface area contributed by atoms with Gasteiger partial charge in [0.05, 0.1) is 19.1 Å². The van der Waals surface area contributed by atoms with Crippen LogP contribution in [-0.2, 0) is 4.79 Å². The van der Waals surface area contributed by atoms with Gasteiger partial charge in [0.15, 0.2) is 5.78 Å². The number of carbonyl (C=O) groups excluding carboxylic acids is 1. The largest absolute Gasteiger partial charge is 0.496 e. The van der Waals surface area contributed by atoms with Crippen LogP contribution in [-0.4, -0.2) is 24.0 Å². The molecule has 0 aromatic heterocycles. The first-order chi connectivity index (χ1) is 7.54. The van der Waals surface area contributed by atoms with Crippen LogP contribution in [0.3, 0.4) is 0 Å². The van der Waals surface area contributed by atoms with Gasteiger partial charge < -0.3 is 9.84 Å². The summed E-state index contributed by atoms with van der Waals surface area (Å²) < 4.78 is 17.8. The first kappa shape index (κ1) is 12.2. The topological polar surface area (TPSA) is 63.6 Å². The average molecular weight is 226 g/mol. The molecule has 0 aliphatic heterocycles. The molecule has 0 saturated heterocycles. The van der Waals surface area contributed by atoms with Gasteiger partial charge in [0.25, 0.3) is 0 Å². The van der Waals surface area contributed by atoms with E-state index < -0.39 is 17.6 Å². The number of carboxylic acid groups (broad SMARTS) is 1. The Morgan fingerprint density at radius 2 is 2.06 bits per heavy atom. The molecule has 0 spiro atoms. The van der Waals surface area contributed by atoms with Gasteiger partial charge in [0.1, 0.15) is 11.6 Å². The monoisotopic (exact) mass is 226 g/mol. The molecule has 0 bridgehead atoms. The number of methoxy groups -OCH3 is 1. The van der Waals surface area contributed by atoms with Crippen LogP contribution in [0.2, 0.25) is 0 Å². The second-order valence-electron chi connectivity index (χ2n) is 3.16. The SMILES string of the molecule is COc1ccc(F)cc1C(=O)CCC(=O)O. The van der Waals surface area contributed by atoms with Crippen LogP contribution in [0, 0.1) is 5.82 Å². The van der Waals surface area contributed by atoms with Crippen molar-refractivity contribution in [3.8, 4) is 5.75 Å². The molecule has 0 saturated carbocycles. The van der Waals surface area contributed by atoms with Gasteiger partial charge in [-0.15, -0.1) is 0 Å². The molecular formula is C11H11FO4. The van der Waals surface area contributed by atoms with Gasteiger partial charge in [0, 0.05) is 6.42 Å². The van der Waals surface area contributed by atoms with Crippen LogP contribution in [0.5, 0.6) is 5.75 Å². The molecule has 0 aliphatic rings. The molecule has 86 valence electrons. The molecule has 0 atom stereocenters. The van der Waals surface area contributed by atoms with Gasteiger partial charge >= 0.3 is 5.97 Å². The van der Waals surface area contributed by atoms with E-state index in [4.69, 9.17) is 9.84 Å². The fourth-order valence-electron chi connectivity index (χ4n) is 1.25. The molecule has 0 heterocycles. The number of ketones is 1. The minimum atomic E-state index is -1.07. The van der Waals surface area contributed by atoms with Crippen molar-refractivity contribution in [3.05, 3.63) is 29.6 Å². The van der Waals surface area contributed by atoms with E-state index in [0.29, 0.717) is 0 Å². The smallest absolute Gasteiger partial charge is 0.303 e. The number of halogens is 1. The van der Waals surface area contributed by atoms with E-state index in [0.717, 1.165) is 6.07 Å². The van der Waals surface area contributed by atoms with Crippen LogP contribution in [0.4, 0.5) is 4.39 Å². The Hall–Kier alpha value is -1.91. The lowest BCUT2D eigenvalue weighted by Gasteiger charge is -2.06. The first-order valence-electron chi connectivity index (χ1n) is 4.63. The summed E-state index contributed by atoms with van der Waals surface area (Å²) in [7, 11) is 1.36. The van der Waals surface area contributed by atoms with Crippen molar-refractivity contribution in [2.45, 2.75) is 12.8 Å². The van der Waals surface area contributed by atoms with Gasteiger partial charge in [-0.25, -0.2) is 4.39 Å². The zero-order chi connectivity index (χ0) is 12.1. The van der Waals surface area contributed by atoms with Gasteiger partial charge in [0.2, 0.25) is 0 Å². The van der Waals surface area contributed by atoms with Crippen LogP contribution in [0.25, 0.3) is 0 Å². The van der Waals surface area contributed by atoms with Crippen molar-refractivity contribution in [1.29, 1.82) is 0 Å². The maximum Gasteiger partial charge on any atom is 0.303 e. The summed E-state index contributed by atoms with van der Waals surface area (Å²) in [6, 6.07) is 3.55. The maximum absolute atomic E-state index is 12.9. The van der Waals surface area contributed by atoms with Crippen LogP contribution >= 0.6 is 0 Å². The highest BCUT2D eigenvalue weighted by Gasteiger charge is 2.14. The van der Waals surface area contributed by atoms with E-state index in [1.807, 2.05) is 0 Å². The number of carbonyl (C=O) groups is 2. The Balaban J connectivity index is 2.88. The number of aliphatic carboxylic acids is 1. The van der Waals surface area contributed by atoms with Crippen molar-refractivity contribution in [3.63, 3.8) is 0 Å². The van der Waals surface area contributed by atoms with E-state index in [9.17, 15) is 14.0 Å². The third-order valence-electron chi connectivity index (χ3n) is 2.03. The lowest BCUT2D eigenvalue weighted by molar-refractivity contribution is -0.136. The van der Waals surface area contributed by atoms with E-state index in [1.165, 1.54) is 19.2 Å². The van der Waals surface area contributed by atoms with E-state index in [-0.39, 0.29) is 24.2 Å². The number of benzene rings is 1. The summed E-state index contributed by atoms with van der Waals surface area (Å²) in [6.45, 7) is 0. The van der Waals surface area contributed by atoms with Crippen molar-refractivity contribution < 1.29 is 23.8 Å². The summed E-state index contributed by atoms with van der Waals surface area (Å²) >= 11 is 0. The third kappa shape index (κ3) is 3.05. The molecule has 0 radical (unpaired) electrons. The van der Waals surface area contributed by atoms with Crippen molar-refractivity contribution in [1.82, 2.24) is 0 Å². The summed E-state index contributed by atoms with van der Waals surface area (Å²) in [6.07, 6.45) is -0.451. The van der Waals surface area contributed by atoms with Gasteiger partial charge in [-0.3, -0.25) is 9.59 Å². The molecule has 16 heavy (non-hydrogen) atoms. The molecule has 0 amide bonds. The zero-order valence-corrected chi connectivity index (χ0v) is 8.70. The number of hydrogen-bond donors (Lipinski definition) is 1. The first-order valence-corrected chi connectivity index (χ1v) is 4.63. The fraction of sp³-hybridized carbons (Fsp3) is 0.273. The number of Topliss-reactive ketones (excluding diaryl/α,β-unsaturated/α-hetero) is 1. The lowest BCUT2D eigenvalue weighted by Crippen LogP contribution is -2.06. The highest BCUT2D eigenvalue weighted by atomic mass is 19.1. The third-order valence-corrected chi connectivity index (χ3v) is 2.03. The van der Waals surface area contributed by atoms with Crippen molar-refractivity contribution >= 4 is 11.8 Å². The van der Waals surface area contributed by atoms with Gasteiger partial charge in [-0.2, -0.15) is 0 Å². The van der Waals surface area contributed by atoms with E-state index in [2.05, 4.69) is 0 Å². The fourth-order valence-corrected chi connectivity index (χ4v) is 1.25. The van der Waals surface area contributed by atoms with Gasteiger partial charge in [-0.1, -0.05) is 0 Å². The summed E-state index contributed by atoms with van der Waals surface area (Å²) in [5, 5.41) is 8.43. The predicted octanol–water partition coefficient (Wildman–Crippen LogP) is 1.88. The molecule has 0 unspecified atom stereocenters. The van der Waals surface area contributed by atoms with Crippen LogP contribution in [0.1, 0.15) is 23.2 Å². The minimum Gasteiger partial charge on any atom is -0.496 e. The molecule has 1 N–H and O–H groups in total. The van der Waals surface area contributed by atoms with Gasteiger partial charge in [-0.05, 0) is 18.2 Å². The van der Waals surface area contributed by atoms with E-state index in [1.54, 1.807) is 0 Å². The molecular weight excluding hydrogens is 215 g/mol. The number of ether oxygens (including phenoxy) is 1. The Labute approximate surface area is 91.7 Å². The Bertz CT molecular complexity index is 414. The second kappa shape index (κ2) is 5.25. The average Bonchev–Trinajstić information content (AvgIpc) is 2.25. The molecule has 0 fully saturated rings. The second-order valence-corrected chi connectivity index (χ2v) is 3.16. The lowest BCUT2D eigenvalue weighted by atomic mass is 10.1. The van der Waals surface area contributed by atoms with Crippen molar-refractivity contribution in [2.24, 2.45) is 0 Å². The Morgan fingerprint density at radius 1 is 1.38 bits per heavy atom. The molecule has 0 aliphatic carbocycles. The maximum atomic E-state index is 12.9. The molecule has 1 aromatic rings. The highest BCUT2D eigenvalue weighted by molar-refractivity contribution is 5.99. The number of carboxylic acids is 1. The Morgan fingerprint density at radius 3 is 2.62 bits per heavy atom. The molecule has 4 nitrogen and oxygen atoms in total. The standard InChI is InChI=1S/C11H11FO4/c1-16-10-4-2-7(12)6-8(10)9(13)3-5-11(14)15/h2,4,6H,3,5H2,1H3,(H,14,15). The summed E-state index contributed by atoms with van der Waals surface area (Å²) in [5.41, 5.74) is 0.0729. The van der Waals surface area contributed by atoms with Crippen LogP contribution in [0.15, 0.2) is 18.2 Å².